The van der Waals surface area contributed by atoms with Gasteiger partial charge in [0.25, 0.3) is 0 Å². The minimum absolute atomic E-state index is 0.739. The molecule has 0 spiro atoms. The first-order valence-corrected chi connectivity index (χ1v) is 7.25. The van der Waals surface area contributed by atoms with E-state index >= 15 is 0 Å². The van der Waals surface area contributed by atoms with Crippen LogP contribution in [0.1, 0.15) is 11.3 Å². The third-order valence-corrected chi connectivity index (χ3v) is 3.95. The van der Waals surface area contributed by atoms with Gasteiger partial charge in [-0.3, -0.25) is 0 Å². The molecule has 1 N–H and O–H groups in total. The Morgan fingerprint density at radius 3 is 2.68 bits per heavy atom. The summed E-state index contributed by atoms with van der Waals surface area (Å²) in [5, 5.41) is 12.2. The third kappa shape index (κ3) is 2.07. The predicted molar refractivity (Wildman–Crippen MR) is 83.9 cm³/mol. The van der Waals surface area contributed by atoms with Gasteiger partial charge in [0, 0.05) is 18.7 Å². The molecule has 0 aliphatic carbocycles. The number of rotatable bonds is 2. The van der Waals surface area contributed by atoms with Crippen LogP contribution in [0.3, 0.4) is 0 Å². The van der Waals surface area contributed by atoms with E-state index in [0.29, 0.717) is 0 Å². The number of methoxy groups -OCH3 is 1. The maximum Gasteiger partial charge on any atom is 0.118 e. The van der Waals surface area contributed by atoms with Crippen LogP contribution in [0.2, 0.25) is 0 Å². The Hall–Kier alpha value is -2.66. The minimum Gasteiger partial charge on any atom is -0.497 e. The van der Waals surface area contributed by atoms with Crippen LogP contribution in [-0.4, -0.2) is 22.1 Å². The van der Waals surface area contributed by atoms with Crippen LogP contribution >= 0.6 is 0 Å². The molecule has 1 aliphatic rings. The number of nitrogens with one attached hydrogen (secondary N) is 1. The second-order valence-corrected chi connectivity index (χ2v) is 5.26. The largest absolute Gasteiger partial charge is 0.497 e. The lowest BCUT2D eigenvalue weighted by Gasteiger charge is -2.06. The van der Waals surface area contributed by atoms with Gasteiger partial charge in [-0.1, -0.05) is 23.4 Å². The molecule has 4 rings (SSSR count). The first-order chi connectivity index (χ1) is 10.9. The van der Waals surface area contributed by atoms with Crippen molar-refractivity contribution in [1.82, 2.24) is 20.3 Å². The normalized spacial score (nSPS) is 13.1. The molecule has 0 atom stereocenters. The fraction of sp³-hybridized carbons (Fsp3) is 0.176. The summed E-state index contributed by atoms with van der Waals surface area (Å²) in [5.74, 6) is 0.838. The Balaban J connectivity index is 1.83. The number of ether oxygens (including phenoxy) is 1. The van der Waals surface area contributed by atoms with Crippen LogP contribution in [0.4, 0.5) is 0 Å². The molecule has 3 aromatic rings. The van der Waals surface area contributed by atoms with E-state index in [1.165, 1.54) is 5.56 Å². The Kier molecular flexibility index (Phi) is 3.12. The second-order valence-electron chi connectivity index (χ2n) is 5.26. The summed E-state index contributed by atoms with van der Waals surface area (Å²) >= 11 is 0. The lowest BCUT2D eigenvalue weighted by molar-refractivity contribution is 0.415. The van der Waals surface area contributed by atoms with E-state index in [9.17, 15) is 0 Å². The maximum absolute atomic E-state index is 5.21. The van der Waals surface area contributed by atoms with Gasteiger partial charge >= 0.3 is 0 Å². The van der Waals surface area contributed by atoms with E-state index in [2.05, 4.69) is 27.8 Å². The summed E-state index contributed by atoms with van der Waals surface area (Å²) in [5.41, 5.74) is 5.35. The predicted octanol–water partition coefficient (Wildman–Crippen LogP) is 2.55. The second kappa shape index (κ2) is 5.27. The molecule has 110 valence electrons. The Morgan fingerprint density at radius 2 is 1.86 bits per heavy atom. The smallest absolute Gasteiger partial charge is 0.118 e. The van der Waals surface area contributed by atoms with E-state index in [0.717, 1.165) is 41.5 Å². The van der Waals surface area contributed by atoms with Gasteiger partial charge in [-0.15, -0.1) is 5.10 Å². The van der Waals surface area contributed by atoms with E-state index in [4.69, 9.17) is 4.74 Å². The van der Waals surface area contributed by atoms with Crippen molar-refractivity contribution in [2.45, 2.75) is 13.1 Å². The highest BCUT2D eigenvalue weighted by molar-refractivity contribution is 5.63. The average Bonchev–Trinajstić information content (AvgIpc) is 2.90. The third-order valence-electron chi connectivity index (χ3n) is 3.95. The van der Waals surface area contributed by atoms with Crippen molar-refractivity contribution in [3.63, 3.8) is 0 Å². The number of hydrogen-bond acceptors (Lipinski definition) is 4. The van der Waals surface area contributed by atoms with Crippen LogP contribution in [0, 0.1) is 0 Å². The first-order valence-electron chi connectivity index (χ1n) is 7.25. The first kappa shape index (κ1) is 13.0. The molecule has 0 fully saturated rings. The van der Waals surface area contributed by atoms with Gasteiger partial charge in [0.15, 0.2) is 0 Å². The van der Waals surface area contributed by atoms with Gasteiger partial charge < -0.3 is 10.1 Å². The van der Waals surface area contributed by atoms with Crippen LogP contribution in [0.5, 0.6) is 5.75 Å². The standard InChI is InChI=1S/C17H16N4O/c1-22-14-8-6-12(7-9-14)17-16-11-18-10-13-4-2-3-5-15(13)21(16)20-19-17/h2-9,18H,10-11H2,1H3. The van der Waals surface area contributed by atoms with Crippen molar-refractivity contribution in [3.8, 4) is 22.7 Å². The molecule has 5 nitrogen and oxygen atoms in total. The molecule has 1 aliphatic heterocycles. The number of aromatic nitrogens is 3. The number of fused-ring (bicyclic) bond motifs is 3. The maximum atomic E-state index is 5.21. The summed E-state index contributed by atoms with van der Waals surface area (Å²) in [6, 6.07) is 16.2. The number of benzene rings is 2. The highest BCUT2D eigenvalue weighted by Gasteiger charge is 2.20. The fourth-order valence-electron chi connectivity index (χ4n) is 2.81. The number of nitrogens with zero attached hydrogens (tertiary/aromatic N) is 3. The molecular formula is C17H16N4O. The molecule has 0 bridgehead atoms. The quantitative estimate of drug-likeness (QED) is 0.788. The minimum atomic E-state index is 0.739. The molecular weight excluding hydrogens is 276 g/mol. The monoisotopic (exact) mass is 292 g/mol. The van der Waals surface area contributed by atoms with E-state index < -0.39 is 0 Å². The Morgan fingerprint density at radius 1 is 1.05 bits per heavy atom. The van der Waals surface area contributed by atoms with Gasteiger partial charge in [-0.05, 0) is 35.9 Å². The van der Waals surface area contributed by atoms with Crippen LogP contribution in [0.15, 0.2) is 48.5 Å². The molecule has 0 unspecified atom stereocenters. The summed E-state index contributed by atoms with van der Waals surface area (Å²) in [6.45, 7) is 1.57. The van der Waals surface area contributed by atoms with Gasteiger partial charge in [0.1, 0.15) is 11.4 Å². The molecule has 0 radical (unpaired) electrons. The molecule has 0 amide bonds. The summed E-state index contributed by atoms with van der Waals surface area (Å²) < 4.78 is 7.15. The zero-order valence-corrected chi connectivity index (χ0v) is 12.3. The van der Waals surface area contributed by atoms with Crippen LogP contribution < -0.4 is 10.1 Å². The highest BCUT2D eigenvalue weighted by atomic mass is 16.5. The van der Waals surface area contributed by atoms with E-state index in [-0.39, 0.29) is 0 Å². The lowest BCUT2D eigenvalue weighted by atomic mass is 10.1. The fourth-order valence-corrected chi connectivity index (χ4v) is 2.81. The van der Waals surface area contributed by atoms with Crippen molar-refractivity contribution in [1.29, 1.82) is 0 Å². The average molecular weight is 292 g/mol. The summed E-state index contributed by atoms with van der Waals surface area (Å²) in [7, 11) is 1.67. The lowest BCUT2D eigenvalue weighted by Crippen LogP contribution is -2.11. The van der Waals surface area contributed by atoms with Crippen molar-refractivity contribution in [3.05, 3.63) is 59.8 Å². The molecule has 2 heterocycles. The molecule has 22 heavy (non-hydrogen) atoms. The van der Waals surface area contributed by atoms with Gasteiger partial charge in [0.05, 0.1) is 18.5 Å². The Bertz CT molecular complexity index is 808. The van der Waals surface area contributed by atoms with Gasteiger partial charge in [0.2, 0.25) is 0 Å². The number of hydrogen-bond donors (Lipinski definition) is 1. The zero-order valence-electron chi connectivity index (χ0n) is 12.3. The van der Waals surface area contributed by atoms with E-state index in [1.54, 1.807) is 7.11 Å². The molecule has 5 heteroatoms. The van der Waals surface area contributed by atoms with E-state index in [1.807, 2.05) is 41.1 Å². The van der Waals surface area contributed by atoms with Crippen LogP contribution in [0.25, 0.3) is 16.9 Å². The molecule has 2 aromatic carbocycles. The zero-order chi connectivity index (χ0) is 14.9. The number of para-hydroxylation sites is 1. The SMILES string of the molecule is COc1ccc(-c2nnn3c2CNCc2ccccc2-3)cc1. The van der Waals surface area contributed by atoms with Crippen LogP contribution in [-0.2, 0) is 13.1 Å². The molecule has 0 saturated carbocycles. The molecule has 1 aromatic heterocycles. The van der Waals surface area contributed by atoms with Crippen molar-refractivity contribution < 1.29 is 4.74 Å². The molecule has 0 saturated heterocycles. The topological polar surface area (TPSA) is 52.0 Å². The summed E-state index contributed by atoms with van der Waals surface area (Å²) in [4.78, 5) is 0. The van der Waals surface area contributed by atoms with Gasteiger partial charge in [-0.25, -0.2) is 4.68 Å². The van der Waals surface area contributed by atoms with Crippen molar-refractivity contribution in [2.75, 3.05) is 7.11 Å². The van der Waals surface area contributed by atoms with Gasteiger partial charge in [-0.2, -0.15) is 0 Å². The van der Waals surface area contributed by atoms with Crippen molar-refractivity contribution in [2.24, 2.45) is 0 Å². The van der Waals surface area contributed by atoms with Crippen molar-refractivity contribution >= 4 is 0 Å². The highest BCUT2D eigenvalue weighted by Crippen LogP contribution is 2.27. The summed E-state index contributed by atoms with van der Waals surface area (Å²) in [6.07, 6.45) is 0. The Labute approximate surface area is 128 Å².